The molecular weight excluding hydrogens is 326 g/mol. The zero-order valence-electron chi connectivity index (χ0n) is 15.6. The Hall–Kier alpha value is -2.82. The number of nitrogens with one attached hydrogen (secondary N) is 3. The van der Waals surface area contributed by atoms with Gasteiger partial charge in [0.05, 0.1) is 12.6 Å². The van der Waals surface area contributed by atoms with E-state index < -0.39 is 0 Å². The molecule has 2 atom stereocenters. The minimum atomic E-state index is -0.0834. The van der Waals surface area contributed by atoms with E-state index in [1.165, 1.54) is 0 Å². The number of carbonyl (C=O) groups excluding carboxylic acids is 2. The zero-order chi connectivity index (χ0) is 18.9. The van der Waals surface area contributed by atoms with E-state index in [9.17, 15) is 9.59 Å². The van der Waals surface area contributed by atoms with Gasteiger partial charge in [-0.15, -0.1) is 0 Å². The number of hydrogen-bond donors (Lipinski definition) is 3. The van der Waals surface area contributed by atoms with Crippen LogP contribution in [0.5, 0.6) is 0 Å². The lowest BCUT2D eigenvalue weighted by atomic mass is 10.1. The number of carbonyl (C=O) groups is 2. The summed E-state index contributed by atoms with van der Waals surface area (Å²) in [6.45, 7) is 6.14. The topological polar surface area (TPSA) is 70.2 Å². The quantitative estimate of drug-likeness (QED) is 0.680. The van der Waals surface area contributed by atoms with Gasteiger partial charge in [-0.25, -0.2) is 0 Å². The summed E-state index contributed by atoms with van der Waals surface area (Å²) in [6, 6.07) is 17.1. The van der Waals surface area contributed by atoms with Gasteiger partial charge in [-0.1, -0.05) is 37.3 Å². The second-order valence-corrected chi connectivity index (χ2v) is 6.41. The van der Waals surface area contributed by atoms with E-state index in [1.54, 1.807) is 24.3 Å². The van der Waals surface area contributed by atoms with Crippen molar-refractivity contribution < 1.29 is 9.59 Å². The van der Waals surface area contributed by atoms with E-state index in [0.717, 1.165) is 17.7 Å². The van der Waals surface area contributed by atoms with Crippen LogP contribution in [0.4, 0.5) is 5.69 Å². The SMILES string of the molecule is CCC(C)NC(=O)c1ccc(NCC(=O)NC(C)c2ccccc2)cc1. The van der Waals surface area contributed by atoms with Crippen LogP contribution in [0, 0.1) is 0 Å². The van der Waals surface area contributed by atoms with E-state index in [-0.39, 0.29) is 30.4 Å². The summed E-state index contributed by atoms with van der Waals surface area (Å²) in [4.78, 5) is 24.1. The molecule has 5 heteroatoms. The molecule has 0 aliphatic heterocycles. The second-order valence-electron chi connectivity index (χ2n) is 6.41. The van der Waals surface area contributed by atoms with Crippen molar-refractivity contribution in [2.75, 3.05) is 11.9 Å². The van der Waals surface area contributed by atoms with Crippen molar-refractivity contribution in [2.45, 2.75) is 39.3 Å². The summed E-state index contributed by atoms with van der Waals surface area (Å²) in [7, 11) is 0. The third-order valence-electron chi connectivity index (χ3n) is 4.27. The van der Waals surface area contributed by atoms with Gasteiger partial charge < -0.3 is 16.0 Å². The van der Waals surface area contributed by atoms with Crippen LogP contribution >= 0.6 is 0 Å². The Labute approximate surface area is 155 Å². The molecule has 5 nitrogen and oxygen atoms in total. The summed E-state index contributed by atoms with van der Waals surface area (Å²) in [5.74, 6) is -0.166. The first-order chi connectivity index (χ1) is 12.5. The van der Waals surface area contributed by atoms with E-state index in [0.29, 0.717) is 5.56 Å². The van der Waals surface area contributed by atoms with Crippen LogP contribution in [0.3, 0.4) is 0 Å². The molecule has 3 N–H and O–H groups in total. The maximum Gasteiger partial charge on any atom is 0.251 e. The van der Waals surface area contributed by atoms with Crippen LogP contribution in [0.15, 0.2) is 54.6 Å². The third-order valence-corrected chi connectivity index (χ3v) is 4.27. The van der Waals surface area contributed by atoms with Crippen molar-refractivity contribution in [3.63, 3.8) is 0 Å². The molecule has 0 saturated heterocycles. The van der Waals surface area contributed by atoms with Gasteiger partial charge >= 0.3 is 0 Å². The summed E-state index contributed by atoms with van der Waals surface area (Å²) in [5.41, 5.74) is 2.48. The molecule has 0 saturated carbocycles. The van der Waals surface area contributed by atoms with Crippen LogP contribution in [-0.4, -0.2) is 24.4 Å². The maximum absolute atomic E-state index is 12.1. The smallest absolute Gasteiger partial charge is 0.251 e. The molecule has 0 heterocycles. The fourth-order valence-corrected chi connectivity index (χ4v) is 2.45. The summed E-state index contributed by atoms with van der Waals surface area (Å²) in [6.07, 6.45) is 0.891. The normalized spacial score (nSPS) is 12.7. The second kappa shape index (κ2) is 9.61. The number of anilines is 1. The Morgan fingerprint density at radius 1 is 0.923 bits per heavy atom. The molecule has 0 radical (unpaired) electrons. The molecule has 2 aromatic carbocycles. The average molecular weight is 353 g/mol. The molecule has 2 rings (SSSR count). The summed E-state index contributed by atoms with van der Waals surface area (Å²) >= 11 is 0. The van der Waals surface area contributed by atoms with Gasteiger partial charge in [0.15, 0.2) is 0 Å². The van der Waals surface area contributed by atoms with Gasteiger partial charge in [-0.05, 0) is 50.1 Å². The van der Waals surface area contributed by atoms with Crippen LogP contribution in [0.1, 0.15) is 49.2 Å². The Kier molecular flexibility index (Phi) is 7.21. The molecule has 26 heavy (non-hydrogen) atoms. The standard InChI is InChI=1S/C21H27N3O2/c1-4-15(2)23-21(26)18-10-12-19(13-11-18)22-14-20(25)24-16(3)17-8-6-5-7-9-17/h5-13,15-16,22H,4,14H2,1-3H3,(H,23,26)(H,24,25). The fraction of sp³-hybridized carbons (Fsp3) is 0.333. The Morgan fingerprint density at radius 3 is 2.19 bits per heavy atom. The van der Waals surface area contributed by atoms with Gasteiger partial charge in [-0.3, -0.25) is 9.59 Å². The first-order valence-corrected chi connectivity index (χ1v) is 8.98. The molecule has 138 valence electrons. The van der Waals surface area contributed by atoms with Crippen molar-refractivity contribution in [3.8, 4) is 0 Å². The Morgan fingerprint density at radius 2 is 1.58 bits per heavy atom. The van der Waals surface area contributed by atoms with Crippen molar-refractivity contribution in [3.05, 3.63) is 65.7 Å². The summed E-state index contributed by atoms with van der Waals surface area (Å²) < 4.78 is 0. The van der Waals surface area contributed by atoms with E-state index in [4.69, 9.17) is 0 Å². The average Bonchev–Trinajstić information content (AvgIpc) is 2.67. The van der Waals surface area contributed by atoms with Gasteiger partial charge in [-0.2, -0.15) is 0 Å². The largest absolute Gasteiger partial charge is 0.376 e. The van der Waals surface area contributed by atoms with Crippen LogP contribution < -0.4 is 16.0 Å². The van der Waals surface area contributed by atoms with Crippen molar-refractivity contribution in [1.29, 1.82) is 0 Å². The molecule has 2 amide bonds. The van der Waals surface area contributed by atoms with Crippen LogP contribution in [-0.2, 0) is 4.79 Å². The van der Waals surface area contributed by atoms with Crippen molar-refractivity contribution in [2.24, 2.45) is 0 Å². The van der Waals surface area contributed by atoms with E-state index >= 15 is 0 Å². The van der Waals surface area contributed by atoms with E-state index in [2.05, 4.69) is 16.0 Å². The fourth-order valence-electron chi connectivity index (χ4n) is 2.45. The minimum absolute atomic E-state index is 0.0443. The van der Waals surface area contributed by atoms with Gasteiger partial charge in [0.25, 0.3) is 5.91 Å². The highest BCUT2D eigenvalue weighted by molar-refractivity contribution is 5.94. The van der Waals surface area contributed by atoms with Gasteiger partial charge in [0, 0.05) is 17.3 Å². The van der Waals surface area contributed by atoms with E-state index in [1.807, 2.05) is 51.1 Å². The molecule has 0 bridgehead atoms. The highest BCUT2D eigenvalue weighted by atomic mass is 16.2. The monoisotopic (exact) mass is 353 g/mol. The predicted octanol–water partition coefficient (Wildman–Crippen LogP) is 3.50. The lowest BCUT2D eigenvalue weighted by Gasteiger charge is -2.15. The molecular formula is C21H27N3O2. The lowest BCUT2D eigenvalue weighted by Crippen LogP contribution is -2.32. The maximum atomic E-state index is 12.1. The molecule has 0 spiro atoms. The van der Waals surface area contributed by atoms with Gasteiger partial charge in [0.1, 0.15) is 0 Å². The molecule has 0 fully saturated rings. The summed E-state index contributed by atoms with van der Waals surface area (Å²) in [5, 5.41) is 8.96. The van der Waals surface area contributed by atoms with Crippen molar-refractivity contribution in [1.82, 2.24) is 10.6 Å². The molecule has 0 aliphatic carbocycles. The number of amides is 2. The predicted molar refractivity (Wildman–Crippen MR) is 105 cm³/mol. The zero-order valence-corrected chi connectivity index (χ0v) is 15.6. The molecule has 0 aliphatic rings. The number of hydrogen-bond acceptors (Lipinski definition) is 3. The van der Waals surface area contributed by atoms with Crippen molar-refractivity contribution >= 4 is 17.5 Å². The van der Waals surface area contributed by atoms with Gasteiger partial charge in [0.2, 0.25) is 5.91 Å². The minimum Gasteiger partial charge on any atom is -0.376 e. The first kappa shape index (κ1) is 19.5. The number of benzene rings is 2. The highest BCUT2D eigenvalue weighted by Gasteiger charge is 2.10. The third kappa shape index (κ3) is 5.92. The molecule has 2 aromatic rings. The molecule has 0 aromatic heterocycles. The Bertz CT molecular complexity index is 714. The Balaban J connectivity index is 1.82. The first-order valence-electron chi connectivity index (χ1n) is 8.98. The number of rotatable bonds is 8. The highest BCUT2D eigenvalue weighted by Crippen LogP contribution is 2.12. The van der Waals surface area contributed by atoms with Crippen LogP contribution in [0.25, 0.3) is 0 Å². The molecule has 2 unspecified atom stereocenters. The lowest BCUT2D eigenvalue weighted by molar-refractivity contribution is -0.120. The van der Waals surface area contributed by atoms with Crippen LogP contribution in [0.2, 0.25) is 0 Å².